The maximum absolute atomic E-state index is 12.3. The quantitative estimate of drug-likeness (QED) is 0.721. The second-order valence-electron chi connectivity index (χ2n) is 5.48. The standard InChI is InChI=1S/C13H20N2O6S2/c1-13(2,12(16)21-5)14-22(17,18)10-6-8-11(9-7-10)23(19,20)15(3)4/h6-9,14H,1-5H3. The lowest BCUT2D eigenvalue weighted by atomic mass is 10.1. The van der Waals surface area contributed by atoms with E-state index in [1.54, 1.807) is 0 Å². The summed E-state index contributed by atoms with van der Waals surface area (Å²) in [6.07, 6.45) is 0. The monoisotopic (exact) mass is 364 g/mol. The summed E-state index contributed by atoms with van der Waals surface area (Å²) in [5.41, 5.74) is -1.46. The van der Waals surface area contributed by atoms with Crippen LogP contribution < -0.4 is 4.72 Å². The van der Waals surface area contributed by atoms with E-state index < -0.39 is 31.6 Å². The Hall–Kier alpha value is -1.49. The zero-order valence-corrected chi connectivity index (χ0v) is 15.2. The Morgan fingerprint density at radius 3 is 1.87 bits per heavy atom. The number of hydrogen-bond donors (Lipinski definition) is 1. The summed E-state index contributed by atoms with van der Waals surface area (Å²) in [5, 5.41) is 0. The molecule has 0 bridgehead atoms. The number of esters is 1. The molecule has 0 atom stereocenters. The smallest absolute Gasteiger partial charge is 0.326 e. The number of methoxy groups -OCH3 is 1. The normalized spacial score (nSPS) is 13.1. The Morgan fingerprint density at radius 1 is 1.04 bits per heavy atom. The molecule has 130 valence electrons. The molecule has 23 heavy (non-hydrogen) atoms. The van der Waals surface area contributed by atoms with Crippen molar-refractivity contribution >= 4 is 26.0 Å². The van der Waals surface area contributed by atoms with E-state index >= 15 is 0 Å². The van der Waals surface area contributed by atoms with E-state index in [2.05, 4.69) is 9.46 Å². The molecule has 10 heteroatoms. The molecule has 0 aromatic heterocycles. The highest BCUT2D eigenvalue weighted by Gasteiger charge is 2.34. The molecule has 0 radical (unpaired) electrons. The highest BCUT2D eigenvalue weighted by atomic mass is 32.2. The fraction of sp³-hybridized carbons (Fsp3) is 0.462. The van der Waals surface area contributed by atoms with Gasteiger partial charge in [0.15, 0.2) is 0 Å². The third kappa shape index (κ3) is 4.28. The maximum atomic E-state index is 12.3. The number of carbonyl (C=O) groups is 1. The number of carbonyl (C=O) groups excluding carboxylic acids is 1. The highest BCUT2D eigenvalue weighted by molar-refractivity contribution is 7.89. The van der Waals surface area contributed by atoms with Gasteiger partial charge in [-0.05, 0) is 38.1 Å². The molecule has 0 amide bonds. The highest BCUT2D eigenvalue weighted by Crippen LogP contribution is 2.18. The van der Waals surface area contributed by atoms with Gasteiger partial charge in [0.1, 0.15) is 5.54 Å². The first-order valence-electron chi connectivity index (χ1n) is 6.49. The Balaban J connectivity index is 3.15. The van der Waals surface area contributed by atoms with Crippen LogP contribution in [0.1, 0.15) is 13.8 Å². The summed E-state index contributed by atoms with van der Waals surface area (Å²) < 4.78 is 56.2. The number of nitrogens with zero attached hydrogens (tertiary/aromatic N) is 1. The minimum Gasteiger partial charge on any atom is -0.468 e. The average molecular weight is 364 g/mol. The maximum Gasteiger partial charge on any atom is 0.326 e. The molecule has 1 aromatic rings. The Bertz CT molecular complexity index is 780. The third-order valence-electron chi connectivity index (χ3n) is 3.00. The van der Waals surface area contributed by atoms with E-state index in [4.69, 9.17) is 0 Å². The minimum absolute atomic E-state index is 0.0336. The van der Waals surface area contributed by atoms with Gasteiger partial charge < -0.3 is 4.74 Å². The van der Waals surface area contributed by atoms with Crippen molar-refractivity contribution in [2.75, 3.05) is 21.2 Å². The lowest BCUT2D eigenvalue weighted by molar-refractivity contribution is -0.146. The number of sulfonamides is 2. The number of ether oxygens (including phenoxy) is 1. The second-order valence-corrected chi connectivity index (χ2v) is 9.32. The van der Waals surface area contributed by atoms with Gasteiger partial charge in [-0.25, -0.2) is 21.1 Å². The van der Waals surface area contributed by atoms with Crippen LogP contribution in [0.5, 0.6) is 0 Å². The first kappa shape index (κ1) is 19.6. The van der Waals surface area contributed by atoms with Crippen molar-refractivity contribution in [3.05, 3.63) is 24.3 Å². The average Bonchev–Trinajstić information content (AvgIpc) is 2.45. The summed E-state index contributed by atoms with van der Waals surface area (Å²) in [6, 6.07) is 4.70. The predicted octanol–water partition coefficient (Wildman–Crippen LogP) is 0.167. The van der Waals surface area contributed by atoms with E-state index in [0.717, 1.165) is 23.5 Å². The van der Waals surface area contributed by atoms with Crippen molar-refractivity contribution in [2.45, 2.75) is 29.2 Å². The minimum atomic E-state index is -4.01. The van der Waals surface area contributed by atoms with E-state index in [9.17, 15) is 21.6 Å². The topological polar surface area (TPSA) is 110 Å². The molecule has 0 unspecified atom stereocenters. The Labute approximate surface area is 136 Å². The van der Waals surface area contributed by atoms with Crippen molar-refractivity contribution in [3.63, 3.8) is 0 Å². The lowest BCUT2D eigenvalue weighted by Crippen LogP contribution is -2.50. The molecular weight excluding hydrogens is 344 g/mol. The van der Waals surface area contributed by atoms with Gasteiger partial charge in [-0.3, -0.25) is 4.79 Å². The zero-order valence-electron chi connectivity index (χ0n) is 13.5. The largest absolute Gasteiger partial charge is 0.468 e. The molecule has 0 heterocycles. The predicted molar refractivity (Wildman–Crippen MR) is 83.7 cm³/mol. The van der Waals surface area contributed by atoms with E-state index in [0.29, 0.717) is 0 Å². The van der Waals surface area contributed by atoms with Crippen LogP contribution >= 0.6 is 0 Å². The van der Waals surface area contributed by atoms with Gasteiger partial charge >= 0.3 is 5.97 Å². The molecule has 8 nitrogen and oxygen atoms in total. The Morgan fingerprint density at radius 2 is 1.48 bits per heavy atom. The van der Waals surface area contributed by atoms with Gasteiger partial charge in [-0.1, -0.05) is 0 Å². The van der Waals surface area contributed by atoms with Gasteiger partial charge in [0.2, 0.25) is 20.0 Å². The first-order valence-corrected chi connectivity index (χ1v) is 9.42. The van der Waals surface area contributed by atoms with Gasteiger partial charge in [-0.2, -0.15) is 4.72 Å². The van der Waals surface area contributed by atoms with Gasteiger partial charge in [-0.15, -0.1) is 0 Å². The SMILES string of the molecule is COC(=O)C(C)(C)NS(=O)(=O)c1ccc(S(=O)(=O)N(C)C)cc1. The fourth-order valence-corrected chi connectivity index (χ4v) is 3.96. The van der Waals surface area contributed by atoms with Crippen LogP contribution in [0.3, 0.4) is 0 Å². The van der Waals surface area contributed by atoms with E-state index in [-0.39, 0.29) is 9.79 Å². The molecule has 0 fully saturated rings. The summed E-state index contributed by atoms with van der Waals surface area (Å²) in [5.74, 6) is -0.743. The van der Waals surface area contributed by atoms with Crippen molar-refractivity contribution in [1.29, 1.82) is 0 Å². The van der Waals surface area contributed by atoms with Crippen LogP contribution in [0, 0.1) is 0 Å². The molecule has 1 rings (SSSR count). The fourth-order valence-electron chi connectivity index (χ4n) is 1.69. The zero-order chi connectivity index (χ0) is 18.1. The van der Waals surface area contributed by atoms with Gasteiger partial charge in [0.25, 0.3) is 0 Å². The van der Waals surface area contributed by atoms with Crippen LogP contribution in [0.15, 0.2) is 34.1 Å². The van der Waals surface area contributed by atoms with Crippen molar-refractivity contribution < 1.29 is 26.4 Å². The number of nitrogens with one attached hydrogen (secondary N) is 1. The van der Waals surface area contributed by atoms with Crippen molar-refractivity contribution in [2.24, 2.45) is 0 Å². The molecule has 0 spiro atoms. The molecule has 0 aliphatic carbocycles. The summed E-state index contributed by atoms with van der Waals surface area (Å²) in [6.45, 7) is 2.72. The molecule has 1 aromatic carbocycles. The van der Waals surface area contributed by atoms with Crippen molar-refractivity contribution in [1.82, 2.24) is 9.03 Å². The van der Waals surface area contributed by atoms with Crippen molar-refractivity contribution in [3.8, 4) is 0 Å². The third-order valence-corrected chi connectivity index (χ3v) is 6.50. The first-order chi connectivity index (χ1) is 10.3. The second kappa shape index (κ2) is 6.56. The van der Waals surface area contributed by atoms with Crippen LogP contribution in [0.25, 0.3) is 0 Å². The van der Waals surface area contributed by atoms with Crippen LogP contribution in [-0.4, -0.2) is 53.9 Å². The summed E-state index contributed by atoms with van der Waals surface area (Å²) >= 11 is 0. The van der Waals surface area contributed by atoms with Gasteiger partial charge in [0, 0.05) is 14.1 Å². The van der Waals surface area contributed by atoms with Gasteiger partial charge in [0.05, 0.1) is 16.9 Å². The molecular formula is C13H20N2O6S2. The van der Waals surface area contributed by atoms with E-state index in [1.807, 2.05) is 0 Å². The molecule has 0 saturated heterocycles. The van der Waals surface area contributed by atoms with Crippen LogP contribution in [0.2, 0.25) is 0 Å². The Kier molecular flexibility index (Phi) is 5.57. The molecule has 0 aliphatic heterocycles. The van der Waals surface area contributed by atoms with Crippen LogP contribution in [0.4, 0.5) is 0 Å². The molecule has 0 aliphatic rings. The number of hydrogen-bond acceptors (Lipinski definition) is 6. The molecule has 1 N–H and O–H groups in total. The number of benzene rings is 1. The molecule has 0 saturated carbocycles. The van der Waals surface area contributed by atoms with Crippen LogP contribution in [-0.2, 0) is 29.6 Å². The van der Waals surface area contributed by atoms with E-state index in [1.165, 1.54) is 40.1 Å². The lowest BCUT2D eigenvalue weighted by Gasteiger charge is -2.22. The number of rotatable bonds is 6. The summed E-state index contributed by atoms with van der Waals surface area (Å²) in [7, 11) is -3.76. The summed E-state index contributed by atoms with van der Waals surface area (Å²) in [4.78, 5) is 11.4.